The molecule has 1 aromatic rings. The van der Waals surface area contributed by atoms with Gasteiger partial charge in [0.1, 0.15) is 5.56 Å². The molecule has 19 heavy (non-hydrogen) atoms. The molecule has 0 fully saturated rings. The Morgan fingerprint density at radius 1 is 1.47 bits per heavy atom. The topological polar surface area (TPSA) is 67.2 Å². The number of hydrogen-bond donors (Lipinski definition) is 3. The number of carbonyl (C=O) groups is 1. The maximum absolute atomic E-state index is 13.1. The largest absolute Gasteiger partial charge is 0.420 e. The van der Waals surface area contributed by atoms with Crippen LogP contribution in [0.15, 0.2) is 6.07 Å². The average Bonchev–Trinajstić information content (AvgIpc) is 2.23. The standard InChI is InChI=1S/C11H13ClF3N3O/c1-3-17-7-4-6(12)9(16)10(18-5(2)19)8(7)11(13,14)15/h4,17H,3,16H2,1-2H3,(H,18,19). The zero-order valence-corrected chi connectivity index (χ0v) is 11.0. The van der Waals surface area contributed by atoms with Crippen LogP contribution in [0, 0.1) is 0 Å². The number of nitrogens with two attached hydrogens (primary N) is 1. The number of carbonyl (C=O) groups excluding carboxylic acids is 1. The highest BCUT2D eigenvalue weighted by atomic mass is 35.5. The van der Waals surface area contributed by atoms with E-state index in [0.717, 1.165) is 13.0 Å². The fraction of sp³-hybridized carbons (Fsp3) is 0.364. The van der Waals surface area contributed by atoms with Crippen LogP contribution in [0.25, 0.3) is 0 Å². The Bertz CT molecular complexity index is 503. The van der Waals surface area contributed by atoms with Gasteiger partial charge in [0.25, 0.3) is 0 Å². The van der Waals surface area contributed by atoms with Gasteiger partial charge in [-0.2, -0.15) is 13.2 Å². The molecule has 0 heterocycles. The molecule has 0 bridgehead atoms. The molecule has 0 radical (unpaired) electrons. The molecular formula is C11H13ClF3N3O. The zero-order chi connectivity index (χ0) is 14.8. The summed E-state index contributed by atoms with van der Waals surface area (Å²) in [6, 6.07) is 1.09. The normalized spacial score (nSPS) is 11.3. The highest BCUT2D eigenvalue weighted by Crippen LogP contribution is 2.45. The molecule has 1 rings (SSSR count). The Hall–Kier alpha value is -1.63. The Labute approximate surface area is 113 Å². The summed E-state index contributed by atoms with van der Waals surface area (Å²) in [7, 11) is 0. The van der Waals surface area contributed by atoms with Crippen LogP contribution >= 0.6 is 11.6 Å². The van der Waals surface area contributed by atoms with Crippen molar-refractivity contribution in [3.8, 4) is 0 Å². The summed E-state index contributed by atoms with van der Waals surface area (Å²) in [5.41, 5.74) is 3.42. The van der Waals surface area contributed by atoms with E-state index >= 15 is 0 Å². The number of anilines is 3. The van der Waals surface area contributed by atoms with Crippen LogP contribution in [-0.4, -0.2) is 12.5 Å². The number of benzene rings is 1. The number of nitrogen functional groups attached to an aromatic ring is 1. The lowest BCUT2D eigenvalue weighted by molar-refractivity contribution is -0.136. The number of amides is 1. The molecule has 0 aliphatic rings. The lowest BCUT2D eigenvalue weighted by atomic mass is 10.1. The first-order chi connectivity index (χ1) is 8.68. The fourth-order valence-corrected chi connectivity index (χ4v) is 1.80. The molecule has 0 aromatic heterocycles. The molecule has 0 aliphatic heterocycles. The number of hydrogen-bond acceptors (Lipinski definition) is 3. The van der Waals surface area contributed by atoms with E-state index in [4.69, 9.17) is 17.3 Å². The van der Waals surface area contributed by atoms with Crippen LogP contribution in [0.2, 0.25) is 5.02 Å². The minimum atomic E-state index is -4.67. The molecule has 8 heteroatoms. The van der Waals surface area contributed by atoms with E-state index in [2.05, 4.69) is 10.6 Å². The van der Waals surface area contributed by atoms with Gasteiger partial charge in [0.05, 0.1) is 22.1 Å². The van der Waals surface area contributed by atoms with Crippen LogP contribution in [0.3, 0.4) is 0 Å². The summed E-state index contributed by atoms with van der Waals surface area (Å²) >= 11 is 5.78. The van der Waals surface area contributed by atoms with E-state index < -0.39 is 23.3 Å². The number of halogens is 4. The monoisotopic (exact) mass is 295 g/mol. The second kappa shape index (κ2) is 5.56. The molecule has 0 aliphatic carbocycles. The third-order valence-corrected chi connectivity index (χ3v) is 2.58. The minimum Gasteiger partial charge on any atom is -0.396 e. The predicted molar refractivity (Wildman–Crippen MR) is 69.3 cm³/mol. The third kappa shape index (κ3) is 3.44. The van der Waals surface area contributed by atoms with Gasteiger partial charge in [-0.1, -0.05) is 11.6 Å². The van der Waals surface area contributed by atoms with E-state index in [1.54, 1.807) is 6.92 Å². The van der Waals surface area contributed by atoms with Crippen molar-refractivity contribution in [1.29, 1.82) is 0 Å². The summed E-state index contributed by atoms with van der Waals surface area (Å²) in [5.74, 6) is -0.665. The van der Waals surface area contributed by atoms with Crippen molar-refractivity contribution in [3.63, 3.8) is 0 Å². The van der Waals surface area contributed by atoms with Crippen molar-refractivity contribution in [2.75, 3.05) is 22.9 Å². The van der Waals surface area contributed by atoms with E-state index in [0.29, 0.717) is 0 Å². The highest BCUT2D eigenvalue weighted by molar-refractivity contribution is 6.34. The van der Waals surface area contributed by atoms with E-state index in [9.17, 15) is 18.0 Å². The molecule has 0 saturated carbocycles. The maximum Gasteiger partial charge on any atom is 0.420 e. The van der Waals surface area contributed by atoms with Gasteiger partial charge in [-0.05, 0) is 13.0 Å². The fourth-order valence-electron chi connectivity index (χ4n) is 1.60. The van der Waals surface area contributed by atoms with Crippen molar-refractivity contribution in [2.45, 2.75) is 20.0 Å². The predicted octanol–water partition coefficient (Wildman–Crippen LogP) is 3.33. The van der Waals surface area contributed by atoms with Gasteiger partial charge in [-0.15, -0.1) is 0 Å². The summed E-state index contributed by atoms with van der Waals surface area (Å²) < 4.78 is 39.3. The van der Waals surface area contributed by atoms with E-state index in [-0.39, 0.29) is 22.9 Å². The van der Waals surface area contributed by atoms with Gasteiger partial charge < -0.3 is 16.4 Å². The molecule has 1 aromatic carbocycles. The van der Waals surface area contributed by atoms with Crippen molar-refractivity contribution >= 4 is 34.6 Å². The van der Waals surface area contributed by atoms with Gasteiger partial charge in [0, 0.05) is 13.5 Å². The smallest absolute Gasteiger partial charge is 0.396 e. The third-order valence-electron chi connectivity index (χ3n) is 2.27. The first-order valence-corrected chi connectivity index (χ1v) is 5.76. The highest BCUT2D eigenvalue weighted by Gasteiger charge is 2.38. The molecule has 1 amide bonds. The number of alkyl halides is 3. The van der Waals surface area contributed by atoms with Gasteiger partial charge in [0.2, 0.25) is 5.91 Å². The molecular weight excluding hydrogens is 283 g/mol. The Balaban J connectivity index is 3.59. The molecule has 0 spiro atoms. The van der Waals surface area contributed by atoms with Crippen LogP contribution in [0.1, 0.15) is 19.4 Å². The van der Waals surface area contributed by atoms with Crippen molar-refractivity contribution in [2.24, 2.45) is 0 Å². The Morgan fingerprint density at radius 3 is 2.47 bits per heavy atom. The van der Waals surface area contributed by atoms with Gasteiger partial charge in [-0.25, -0.2) is 0 Å². The first-order valence-electron chi connectivity index (χ1n) is 5.39. The molecule has 0 saturated heterocycles. The molecule has 0 atom stereocenters. The Morgan fingerprint density at radius 2 is 2.05 bits per heavy atom. The van der Waals surface area contributed by atoms with Crippen LogP contribution in [0.5, 0.6) is 0 Å². The lowest BCUT2D eigenvalue weighted by Crippen LogP contribution is -2.18. The van der Waals surface area contributed by atoms with E-state index in [1.807, 2.05) is 0 Å². The summed E-state index contributed by atoms with van der Waals surface area (Å²) in [5, 5.41) is 4.57. The van der Waals surface area contributed by atoms with Crippen LogP contribution in [-0.2, 0) is 11.0 Å². The molecule has 0 unspecified atom stereocenters. The number of nitrogens with one attached hydrogen (secondary N) is 2. The molecule has 4 nitrogen and oxygen atoms in total. The van der Waals surface area contributed by atoms with Crippen molar-refractivity contribution in [3.05, 3.63) is 16.7 Å². The molecule has 4 N–H and O–H groups in total. The van der Waals surface area contributed by atoms with Crippen molar-refractivity contribution < 1.29 is 18.0 Å². The van der Waals surface area contributed by atoms with Crippen LogP contribution in [0.4, 0.5) is 30.2 Å². The quantitative estimate of drug-likeness (QED) is 0.749. The van der Waals surface area contributed by atoms with Gasteiger partial charge >= 0.3 is 6.18 Å². The lowest BCUT2D eigenvalue weighted by Gasteiger charge is -2.20. The summed E-state index contributed by atoms with van der Waals surface area (Å²) in [6.45, 7) is 3.00. The van der Waals surface area contributed by atoms with Gasteiger partial charge in [-0.3, -0.25) is 4.79 Å². The van der Waals surface area contributed by atoms with Crippen LogP contribution < -0.4 is 16.4 Å². The maximum atomic E-state index is 13.1. The summed E-state index contributed by atoms with van der Waals surface area (Å²) in [6.07, 6.45) is -4.67. The summed E-state index contributed by atoms with van der Waals surface area (Å²) in [4.78, 5) is 11.0. The second-order valence-electron chi connectivity index (χ2n) is 3.78. The Kier molecular flexibility index (Phi) is 4.52. The molecule has 106 valence electrons. The zero-order valence-electron chi connectivity index (χ0n) is 10.3. The van der Waals surface area contributed by atoms with E-state index in [1.165, 1.54) is 0 Å². The second-order valence-corrected chi connectivity index (χ2v) is 4.19. The number of rotatable bonds is 3. The van der Waals surface area contributed by atoms with Gasteiger partial charge in [0.15, 0.2) is 0 Å². The first kappa shape index (κ1) is 15.4. The average molecular weight is 296 g/mol. The minimum absolute atomic E-state index is 0.0623. The van der Waals surface area contributed by atoms with Crippen molar-refractivity contribution in [1.82, 2.24) is 0 Å². The SMILES string of the molecule is CCNc1cc(Cl)c(N)c(NC(C)=O)c1C(F)(F)F.